The maximum atomic E-state index is 14.1. The van der Waals surface area contributed by atoms with Gasteiger partial charge in [-0.2, -0.15) is 0 Å². The molecule has 0 radical (unpaired) electrons. The van der Waals surface area contributed by atoms with Crippen LogP contribution in [0.4, 0.5) is 0 Å². The van der Waals surface area contributed by atoms with E-state index in [1.807, 2.05) is 87.5 Å². The molecule has 1 aliphatic rings. The minimum Gasteiger partial charge on any atom is -0.497 e. The van der Waals surface area contributed by atoms with Gasteiger partial charge in [-0.15, -0.1) is 0 Å². The summed E-state index contributed by atoms with van der Waals surface area (Å²) in [5.41, 5.74) is 2.97. The van der Waals surface area contributed by atoms with Crippen LogP contribution in [0.3, 0.4) is 0 Å². The summed E-state index contributed by atoms with van der Waals surface area (Å²) >= 11 is 0. The lowest BCUT2D eigenvalue weighted by Crippen LogP contribution is -2.23. The molecule has 0 bridgehead atoms. The van der Waals surface area contributed by atoms with Crippen molar-refractivity contribution in [1.29, 1.82) is 0 Å². The molecule has 0 fully saturated rings. The summed E-state index contributed by atoms with van der Waals surface area (Å²) in [7, 11) is -1.19. The van der Waals surface area contributed by atoms with Crippen molar-refractivity contribution in [3.63, 3.8) is 0 Å². The van der Waals surface area contributed by atoms with Crippen molar-refractivity contribution in [3.05, 3.63) is 72.3 Å². The van der Waals surface area contributed by atoms with Gasteiger partial charge in [-0.25, -0.2) is 0 Å². The monoisotopic (exact) mass is 422 g/mol. The molecule has 4 rings (SSSR count). The van der Waals surface area contributed by atoms with Crippen LogP contribution in [-0.2, 0) is 11.2 Å². The molecule has 3 aromatic rings. The van der Waals surface area contributed by atoms with Crippen LogP contribution in [-0.4, -0.2) is 18.6 Å². The lowest BCUT2D eigenvalue weighted by atomic mass is 10.0. The van der Waals surface area contributed by atoms with E-state index in [1.54, 1.807) is 7.11 Å². The number of rotatable bonds is 5. The quantitative estimate of drug-likeness (QED) is 0.468. The Morgan fingerprint density at radius 3 is 2.30 bits per heavy atom. The topological polar surface area (TPSA) is 44.8 Å². The molecule has 1 aliphatic heterocycles. The van der Waals surface area contributed by atoms with E-state index < -0.39 is 12.3 Å². The molecule has 30 heavy (non-hydrogen) atoms. The molecule has 0 N–H and O–H groups in total. The van der Waals surface area contributed by atoms with E-state index in [1.165, 1.54) is 0 Å². The smallest absolute Gasteiger partial charge is 0.163 e. The van der Waals surface area contributed by atoms with E-state index in [0.29, 0.717) is 18.1 Å². The maximum Gasteiger partial charge on any atom is 0.163 e. The van der Waals surface area contributed by atoms with E-state index in [0.717, 1.165) is 27.7 Å². The molecular weight excluding hydrogens is 395 g/mol. The highest BCUT2D eigenvalue weighted by atomic mass is 31.2. The third kappa shape index (κ3) is 3.61. The zero-order valence-corrected chi connectivity index (χ0v) is 18.7. The maximum absolute atomic E-state index is 14.1. The molecular formula is C25H27O4P. The molecule has 0 saturated carbocycles. The van der Waals surface area contributed by atoms with E-state index in [9.17, 15) is 4.57 Å². The molecule has 0 saturated heterocycles. The van der Waals surface area contributed by atoms with Gasteiger partial charge in [0.25, 0.3) is 0 Å². The fourth-order valence-corrected chi connectivity index (χ4v) is 6.15. The molecule has 0 aliphatic carbocycles. The van der Waals surface area contributed by atoms with Crippen molar-refractivity contribution in [2.75, 3.05) is 13.5 Å². The summed E-state index contributed by atoms with van der Waals surface area (Å²) in [5, 5.41) is 0.293. The second kappa shape index (κ2) is 7.85. The van der Waals surface area contributed by atoms with Crippen LogP contribution < -0.4 is 19.5 Å². The molecule has 156 valence electrons. The lowest BCUT2D eigenvalue weighted by Gasteiger charge is -2.27. The molecule has 4 nitrogen and oxygen atoms in total. The van der Waals surface area contributed by atoms with Gasteiger partial charge < -0.3 is 18.8 Å². The van der Waals surface area contributed by atoms with E-state index in [4.69, 9.17) is 14.2 Å². The van der Waals surface area contributed by atoms with Crippen molar-refractivity contribution >= 4 is 12.4 Å². The first kappa shape index (κ1) is 20.6. The molecule has 0 amide bonds. The Labute approximate surface area is 178 Å². The fourth-order valence-electron chi connectivity index (χ4n) is 3.64. The highest BCUT2D eigenvalue weighted by molar-refractivity contribution is 7.73. The first-order valence-electron chi connectivity index (χ1n) is 10.0. The highest BCUT2D eigenvalue weighted by Gasteiger charge is 2.48. The molecule has 0 aromatic heterocycles. The Bertz CT molecular complexity index is 1080. The zero-order chi connectivity index (χ0) is 21.4. The second-order valence-electron chi connectivity index (χ2n) is 8.48. The van der Waals surface area contributed by atoms with Gasteiger partial charge >= 0.3 is 0 Å². The molecule has 1 heterocycles. The Balaban J connectivity index is 1.80. The van der Waals surface area contributed by atoms with Crippen molar-refractivity contribution in [2.24, 2.45) is 0 Å². The van der Waals surface area contributed by atoms with Crippen LogP contribution >= 0.6 is 7.14 Å². The van der Waals surface area contributed by atoms with Crippen LogP contribution in [0.1, 0.15) is 26.3 Å². The SMILES string of the molecule is COc1ccc(-c2ccc(OCc3ccccc3)c3c2OCP3(=O)C(C)(C)C)cc1. The van der Waals surface area contributed by atoms with Gasteiger partial charge in [0, 0.05) is 10.7 Å². The summed E-state index contributed by atoms with van der Waals surface area (Å²) < 4.78 is 31.7. The van der Waals surface area contributed by atoms with Crippen LogP contribution in [0.15, 0.2) is 66.7 Å². The van der Waals surface area contributed by atoms with Gasteiger partial charge in [-0.05, 0) is 35.4 Å². The van der Waals surface area contributed by atoms with Crippen molar-refractivity contribution in [3.8, 4) is 28.4 Å². The average Bonchev–Trinajstić information content (AvgIpc) is 3.12. The van der Waals surface area contributed by atoms with Crippen LogP contribution in [0.2, 0.25) is 0 Å². The van der Waals surface area contributed by atoms with Crippen LogP contribution in [0, 0.1) is 0 Å². The minimum atomic E-state index is -2.84. The summed E-state index contributed by atoms with van der Waals surface area (Å²) in [6.45, 7) is 6.44. The number of ether oxygens (including phenoxy) is 3. The van der Waals surface area contributed by atoms with Crippen molar-refractivity contribution < 1.29 is 18.8 Å². The second-order valence-corrected chi connectivity index (χ2v) is 12.0. The summed E-state index contributed by atoms with van der Waals surface area (Å²) in [6.07, 6.45) is 0.195. The van der Waals surface area contributed by atoms with E-state index >= 15 is 0 Å². The summed E-state index contributed by atoms with van der Waals surface area (Å²) in [4.78, 5) is 0. The number of methoxy groups -OCH3 is 1. The largest absolute Gasteiger partial charge is 0.497 e. The van der Waals surface area contributed by atoms with Gasteiger partial charge in [0.2, 0.25) is 0 Å². The number of fused-ring (bicyclic) bond motifs is 1. The first-order chi connectivity index (χ1) is 14.3. The number of benzene rings is 3. The first-order valence-corrected chi connectivity index (χ1v) is 11.9. The summed E-state index contributed by atoms with van der Waals surface area (Å²) in [6, 6.07) is 21.7. The average molecular weight is 422 g/mol. The van der Waals surface area contributed by atoms with Gasteiger partial charge in [-0.1, -0.05) is 63.2 Å². The Kier molecular flexibility index (Phi) is 5.38. The fraction of sp³-hybridized carbons (Fsp3) is 0.280. The molecule has 5 heteroatoms. The third-order valence-electron chi connectivity index (χ3n) is 5.57. The van der Waals surface area contributed by atoms with Crippen molar-refractivity contribution in [1.82, 2.24) is 0 Å². The lowest BCUT2D eigenvalue weighted by molar-refractivity contribution is 0.308. The molecule has 3 aromatic carbocycles. The molecule has 1 atom stereocenters. The predicted molar refractivity (Wildman–Crippen MR) is 122 cm³/mol. The van der Waals surface area contributed by atoms with Crippen LogP contribution in [0.25, 0.3) is 11.1 Å². The Hall–Kier alpha value is -2.71. The normalized spacial score (nSPS) is 17.9. The molecule has 1 unspecified atom stereocenters. The Morgan fingerprint density at radius 1 is 0.967 bits per heavy atom. The van der Waals surface area contributed by atoms with Gasteiger partial charge in [-0.3, -0.25) is 0 Å². The van der Waals surface area contributed by atoms with E-state index in [2.05, 4.69) is 0 Å². The van der Waals surface area contributed by atoms with Crippen molar-refractivity contribution in [2.45, 2.75) is 32.5 Å². The van der Waals surface area contributed by atoms with Gasteiger partial charge in [0.1, 0.15) is 30.2 Å². The third-order valence-corrected chi connectivity index (χ3v) is 9.37. The number of hydrogen-bond acceptors (Lipinski definition) is 4. The van der Waals surface area contributed by atoms with Gasteiger partial charge in [0.05, 0.1) is 12.4 Å². The highest BCUT2D eigenvalue weighted by Crippen LogP contribution is 2.64. The minimum absolute atomic E-state index is 0.195. The number of hydrogen-bond donors (Lipinski definition) is 0. The zero-order valence-electron chi connectivity index (χ0n) is 17.8. The van der Waals surface area contributed by atoms with Crippen LogP contribution in [0.5, 0.6) is 17.2 Å². The predicted octanol–water partition coefficient (Wildman–Crippen LogP) is 6.08. The van der Waals surface area contributed by atoms with E-state index in [-0.39, 0.29) is 6.35 Å². The Morgan fingerprint density at radius 2 is 1.67 bits per heavy atom. The summed E-state index contributed by atoms with van der Waals surface area (Å²) in [5.74, 6) is 2.10. The molecule has 0 spiro atoms. The standard InChI is InChI=1S/C25H27O4P/c1-25(2,3)30(26)17-29-23-21(19-10-12-20(27-4)13-11-19)14-15-22(24(23)30)28-16-18-8-6-5-7-9-18/h5-15H,16-17H2,1-4H3. The van der Waals surface area contributed by atoms with Gasteiger partial charge in [0.15, 0.2) is 7.14 Å².